The van der Waals surface area contributed by atoms with Gasteiger partial charge in [-0.25, -0.2) is 0 Å². The van der Waals surface area contributed by atoms with Gasteiger partial charge in [0.05, 0.1) is 17.1 Å². The van der Waals surface area contributed by atoms with Gasteiger partial charge in [0.15, 0.2) is 17.6 Å². The summed E-state index contributed by atoms with van der Waals surface area (Å²) in [6, 6.07) is 12.4. The van der Waals surface area contributed by atoms with Crippen LogP contribution in [-0.4, -0.2) is 36.6 Å². The molecular weight excluding hydrogens is 349 g/mol. The number of nitrogens with zero attached hydrogens (tertiary/aromatic N) is 1. The Morgan fingerprint density at radius 2 is 1.96 bits per heavy atom. The molecule has 3 rings (SSSR count). The Morgan fingerprint density at radius 3 is 2.71 bits per heavy atom. The first-order valence-electron chi connectivity index (χ1n) is 7.71. The smallest absolute Gasteiger partial charge is 0.255 e. The summed E-state index contributed by atoms with van der Waals surface area (Å²) < 4.78 is 11.6. The van der Waals surface area contributed by atoms with E-state index in [4.69, 9.17) is 32.7 Å². The summed E-state index contributed by atoms with van der Waals surface area (Å²) in [5.74, 6) is 1.24. The van der Waals surface area contributed by atoms with Gasteiger partial charge in [0, 0.05) is 11.6 Å². The van der Waals surface area contributed by atoms with Gasteiger partial charge in [-0.3, -0.25) is 4.79 Å². The minimum atomic E-state index is -0.234. The van der Waals surface area contributed by atoms with Crippen LogP contribution in [0.5, 0.6) is 11.5 Å². The fraction of sp³-hybridized carbons (Fsp3) is 0.278. The lowest BCUT2D eigenvalue weighted by Gasteiger charge is -2.31. The number of benzene rings is 2. The highest BCUT2D eigenvalue weighted by Crippen LogP contribution is 2.31. The number of amides is 1. The molecule has 0 fully saturated rings. The van der Waals surface area contributed by atoms with Crippen LogP contribution in [0.15, 0.2) is 42.5 Å². The largest absolute Gasteiger partial charge is 0.486 e. The Kier molecular flexibility index (Phi) is 5.17. The molecule has 0 spiro atoms. The minimum Gasteiger partial charge on any atom is -0.486 e. The molecule has 0 saturated carbocycles. The van der Waals surface area contributed by atoms with E-state index in [9.17, 15) is 4.79 Å². The van der Waals surface area contributed by atoms with Crippen molar-refractivity contribution in [1.82, 2.24) is 4.90 Å². The molecule has 0 radical (unpaired) electrons. The summed E-state index contributed by atoms with van der Waals surface area (Å²) in [5, 5.41) is 0.860. The molecule has 1 aliphatic rings. The van der Waals surface area contributed by atoms with E-state index in [0.29, 0.717) is 41.1 Å². The average molecular weight is 366 g/mol. The van der Waals surface area contributed by atoms with Crippen LogP contribution in [0.25, 0.3) is 0 Å². The molecule has 1 atom stereocenters. The fourth-order valence-corrected chi connectivity index (χ4v) is 2.96. The Morgan fingerprint density at radius 1 is 1.21 bits per heavy atom. The summed E-state index contributed by atoms with van der Waals surface area (Å²) in [6.07, 6.45) is -0.234. The second-order valence-electron chi connectivity index (χ2n) is 5.47. The standard InChI is InChI=1S/C18H17Cl2NO3/c1-2-21(18(22)14-9-12(19)7-8-15(14)20)10-13-11-23-16-5-3-4-6-17(16)24-13/h3-9,13H,2,10-11H2,1H3/t13-/m1/s1. The number of likely N-dealkylation sites (N-methyl/N-ethyl adjacent to an activating group) is 1. The van der Waals surface area contributed by atoms with Crippen molar-refractivity contribution in [2.24, 2.45) is 0 Å². The molecule has 2 aromatic carbocycles. The maximum absolute atomic E-state index is 12.8. The summed E-state index contributed by atoms with van der Waals surface area (Å²) in [5.41, 5.74) is 0.392. The zero-order valence-electron chi connectivity index (χ0n) is 13.2. The van der Waals surface area contributed by atoms with Gasteiger partial charge < -0.3 is 14.4 Å². The highest BCUT2D eigenvalue weighted by atomic mass is 35.5. The third kappa shape index (κ3) is 3.60. The maximum Gasteiger partial charge on any atom is 0.255 e. The quantitative estimate of drug-likeness (QED) is 0.810. The average Bonchev–Trinajstić information content (AvgIpc) is 2.61. The number of carbonyl (C=O) groups excluding carboxylic acids is 1. The number of ether oxygens (including phenoxy) is 2. The molecule has 1 aliphatic heterocycles. The van der Waals surface area contributed by atoms with Gasteiger partial charge in [0.1, 0.15) is 6.61 Å². The van der Waals surface area contributed by atoms with Crippen LogP contribution in [0.4, 0.5) is 0 Å². The van der Waals surface area contributed by atoms with Crippen molar-refractivity contribution >= 4 is 29.1 Å². The molecule has 126 valence electrons. The van der Waals surface area contributed by atoms with E-state index in [0.717, 1.165) is 5.75 Å². The second kappa shape index (κ2) is 7.32. The maximum atomic E-state index is 12.8. The lowest BCUT2D eigenvalue weighted by molar-refractivity contribution is 0.0475. The summed E-state index contributed by atoms with van der Waals surface area (Å²) in [7, 11) is 0. The molecule has 2 aromatic rings. The molecule has 0 aliphatic carbocycles. The first-order valence-corrected chi connectivity index (χ1v) is 8.47. The highest BCUT2D eigenvalue weighted by molar-refractivity contribution is 6.35. The number of carbonyl (C=O) groups is 1. The fourth-order valence-electron chi connectivity index (χ4n) is 2.59. The van der Waals surface area contributed by atoms with Gasteiger partial charge in [-0.15, -0.1) is 0 Å². The van der Waals surface area contributed by atoms with Crippen molar-refractivity contribution in [3.63, 3.8) is 0 Å². The molecular formula is C18H17Cl2NO3. The number of para-hydroxylation sites is 2. The number of hydrogen-bond acceptors (Lipinski definition) is 3. The third-order valence-electron chi connectivity index (χ3n) is 3.82. The van der Waals surface area contributed by atoms with Gasteiger partial charge >= 0.3 is 0 Å². The van der Waals surface area contributed by atoms with Crippen molar-refractivity contribution in [2.45, 2.75) is 13.0 Å². The highest BCUT2D eigenvalue weighted by Gasteiger charge is 2.26. The van der Waals surface area contributed by atoms with E-state index in [1.54, 1.807) is 23.1 Å². The first kappa shape index (κ1) is 16.9. The number of fused-ring (bicyclic) bond motifs is 1. The van der Waals surface area contributed by atoms with Crippen LogP contribution in [0.2, 0.25) is 10.0 Å². The Balaban J connectivity index is 1.73. The third-order valence-corrected chi connectivity index (χ3v) is 4.38. The zero-order chi connectivity index (χ0) is 17.1. The van der Waals surface area contributed by atoms with Gasteiger partial charge in [-0.1, -0.05) is 35.3 Å². The van der Waals surface area contributed by atoms with Crippen LogP contribution in [0, 0.1) is 0 Å². The molecule has 1 amide bonds. The molecule has 0 unspecified atom stereocenters. The zero-order valence-corrected chi connectivity index (χ0v) is 14.7. The Bertz CT molecular complexity index is 751. The van der Waals surface area contributed by atoms with E-state index >= 15 is 0 Å². The minimum absolute atomic E-state index is 0.174. The number of rotatable bonds is 4. The molecule has 6 heteroatoms. The lowest BCUT2D eigenvalue weighted by atomic mass is 10.2. The lowest BCUT2D eigenvalue weighted by Crippen LogP contribution is -2.43. The molecule has 0 saturated heterocycles. The van der Waals surface area contributed by atoms with Gasteiger partial charge in [-0.2, -0.15) is 0 Å². The Labute approximate surface area is 150 Å². The monoisotopic (exact) mass is 365 g/mol. The van der Waals surface area contributed by atoms with Crippen molar-refractivity contribution in [2.75, 3.05) is 19.7 Å². The van der Waals surface area contributed by atoms with Crippen molar-refractivity contribution < 1.29 is 14.3 Å². The Hall–Kier alpha value is -1.91. The normalized spacial score (nSPS) is 15.9. The van der Waals surface area contributed by atoms with Crippen molar-refractivity contribution in [3.05, 3.63) is 58.1 Å². The summed E-state index contributed by atoms with van der Waals surface area (Å²) >= 11 is 12.1. The van der Waals surface area contributed by atoms with Crippen LogP contribution in [0.3, 0.4) is 0 Å². The predicted molar refractivity (Wildman–Crippen MR) is 94.4 cm³/mol. The molecule has 0 bridgehead atoms. The van der Waals surface area contributed by atoms with E-state index in [-0.39, 0.29) is 12.0 Å². The van der Waals surface area contributed by atoms with E-state index in [1.165, 1.54) is 0 Å². The second-order valence-corrected chi connectivity index (χ2v) is 6.31. The van der Waals surface area contributed by atoms with Crippen LogP contribution < -0.4 is 9.47 Å². The molecule has 0 N–H and O–H groups in total. The summed E-state index contributed by atoms with van der Waals surface area (Å²) in [6.45, 7) is 3.24. The van der Waals surface area contributed by atoms with Crippen molar-refractivity contribution in [1.29, 1.82) is 0 Å². The van der Waals surface area contributed by atoms with E-state index < -0.39 is 0 Å². The van der Waals surface area contributed by atoms with Crippen LogP contribution >= 0.6 is 23.2 Å². The number of hydrogen-bond donors (Lipinski definition) is 0. The molecule has 4 nitrogen and oxygen atoms in total. The first-order chi connectivity index (χ1) is 11.6. The van der Waals surface area contributed by atoms with Crippen LogP contribution in [0.1, 0.15) is 17.3 Å². The van der Waals surface area contributed by atoms with Gasteiger partial charge in [0.25, 0.3) is 5.91 Å². The van der Waals surface area contributed by atoms with Crippen molar-refractivity contribution in [3.8, 4) is 11.5 Å². The van der Waals surface area contributed by atoms with Gasteiger partial charge in [-0.05, 0) is 37.3 Å². The molecule has 24 heavy (non-hydrogen) atoms. The number of halogens is 2. The van der Waals surface area contributed by atoms with E-state index in [1.807, 2.05) is 31.2 Å². The molecule has 0 aromatic heterocycles. The van der Waals surface area contributed by atoms with E-state index in [2.05, 4.69) is 0 Å². The topological polar surface area (TPSA) is 38.8 Å². The van der Waals surface area contributed by atoms with Crippen LogP contribution in [-0.2, 0) is 0 Å². The molecule has 1 heterocycles. The SMILES string of the molecule is CCN(C[C@@H]1COc2ccccc2O1)C(=O)c1cc(Cl)ccc1Cl. The summed E-state index contributed by atoms with van der Waals surface area (Å²) in [4.78, 5) is 14.4. The van der Waals surface area contributed by atoms with Gasteiger partial charge in [0.2, 0.25) is 0 Å². The predicted octanol–water partition coefficient (Wildman–Crippen LogP) is 4.30.